The van der Waals surface area contributed by atoms with Crippen LogP contribution in [0.25, 0.3) is 0 Å². The van der Waals surface area contributed by atoms with Gasteiger partial charge in [0.05, 0.1) is 29.5 Å². The van der Waals surface area contributed by atoms with E-state index < -0.39 is 16.7 Å². The molecule has 2 aromatic rings. The van der Waals surface area contributed by atoms with Gasteiger partial charge in [0, 0.05) is 32.2 Å². The van der Waals surface area contributed by atoms with Gasteiger partial charge in [-0.25, -0.2) is 5.43 Å². The number of nitro groups is 1. The van der Waals surface area contributed by atoms with Crippen LogP contribution in [0.15, 0.2) is 53.6 Å². The third kappa shape index (κ3) is 4.72. The van der Waals surface area contributed by atoms with Crippen molar-refractivity contribution < 1.29 is 19.2 Å². The summed E-state index contributed by atoms with van der Waals surface area (Å²) in [5.74, 6) is -0.843. The van der Waals surface area contributed by atoms with Crippen molar-refractivity contribution in [2.45, 2.75) is 0 Å². The van der Waals surface area contributed by atoms with Crippen molar-refractivity contribution in [2.24, 2.45) is 5.10 Å². The number of hydrogen-bond donors (Lipinski definition) is 1. The minimum Gasteiger partial charge on any atom is -0.495 e. The molecule has 30 heavy (non-hydrogen) atoms. The van der Waals surface area contributed by atoms with E-state index in [2.05, 4.69) is 15.4 Å². The first kappa shape index (κ1) is 20.8. The summed E-state index contributed by atoms with van der Waals surface area (Å²) in [6.45, 7) is 1.86. The highest BCUT2D eigenvalue weighted by atomic mass is 16.6. The summed E-state index contributed by atoms with van der Waals surface area (Å²) < 4.78 is 5.37. The number of ether oxygens (including phenoxy) is 1. The van der Waals surface area contributed by atoms with Crippen LogP contribution in [0, 0.1) is 10.1 Å². The number of amides is 2. The molecule has 1 N–H and O–H groups in total. The van der Waals surface area contributed by atoms with E-state index in [1.807, 2.05) is 24.3 Å². The van der Waals surface area contributed by atoms with Crippen molar-refractivity contribution in [3.63, 3.8) is 0 Å². The number of anilines is 1. The van der Waals surface area contributed by atoms with Gasteiger partial charge in [-0.2, -0.15) is 5.10 Å². The zero-order chi connectivity index (χ0) is 21.5. The van der Waals surface area contributed by atoms with Crippen LogP contribution >= 0.6 is 0 Å². The van der Waals surface area contributed by atoms with Gasteiger partial charge in [0.15, 0.2) is 0 Å². The molecule has 10 nitrogen and oxygen atoms in total. The van der Waals surface area contributed by atoms with Crippen LogP contribution in [-0.2, 0) is 9.59 Å². The van der Waals surface area contributed by atoms with E-state index >= 15 is 0 Å². The summed E-state index contributed by atoms with van der Waals surface area (Å²) in [6.07, 6.45) is 1.14. The first-order valence-electron chi connectivity index (χ1n) is 9.25. The highest BCUT2D eigenvalue weighted by Gasteiger charge is 2.27. The van der Waals surface area contributed by atoms with Gasteiger partial charge in [0.2, 0.25) is 0 Å². The highest BCUT2D eigenvalue weighted by Crippen LogP contribution is 2.28. The Morgan fingerprint density at radius 2 is 1.77 bits per heavy atom. The summed E-state index contributed by atoms with van der Waals surface area (Å²) >= 11 is 0. The molecule has 0 atom stereocenters. The number of carbonyl (C=O) groups excluding carboxylic acids is 2. The fourth-order valence-corrected chi connectivity index (χ4v) is 3.16. The van der Waals surface area contributed by atoms with Crippen LogP contribution in [0.2, 0.25) is 0 Å². The molecule has 3 rings (SSSR count). The average molecular weight is 411 g/mol. The van der Waals surface area contributed by atoms with Crippen molar-refractivity contribution in [2.75, 3.05) is 38.2 Å². The van der Waals surface area contributed by atoms with E-state index in [-0.39, 0.29) is 11.3 Å². The van der Waals surface area contributed by atoms with Crippen molar-refractivity contribution in [3.8, 4) is 5.75 Å². The number of nitro benzene ring substituents is 1. The van der Waals surface area contributed by atoms with E-state index in [0.717, 1.165) is 17.7 Å². The molecule has 1 aliphatic rings. The molecule has 1 heterocycles. The molecule has 0 aromatic heterocycles. The summed E-state index contributed by atoms with van der Waals surface area (Å²) in [5.41, 5.74) is 3.15. The lowest BCUT2D eigenvalue weighted by molar-refractivity contribution is -0.385. The van der Waals surface area contributed by atoms with Gasteiger partial charge in [-0.15, -0.1) is 0 Å². The van der Waals surface area contributed by atoms with Gasteiger partial charge in [-0.05, 0) is 18.2 Å². The first-order valence-corrected chi connectivity index (χ1v) is 9.25. The monoisotopic (exact) mass is 411 g/mol. The van der Waals surface area contributed by atoms with Crippen molar-refractivity contribution in [1.29, 1.82) is 0 Å². The van der Waals surface area contributed by atoms with Crippen LogP contribution in [0.3, 0.4) is 0 Å². The normalized spacial score (nSPS) is 13.9. The Balaban J connectivity index is 1.55. The van der Waals surface area contributed by atoms with Gasteiger partial charge in [-0.1, -0.05) is 24.3 Å². The number of piperazine rings is 1. The standard InChI is InChI=1S/C20H21N5O5/c1-30-18-9-5-4-8-17(18)23-10-12-24(13-11-23)20(27)19(26)22-21-14-15-6-2-3-7-16(15)25(28)29/h2-9,14H,10-13H2,1H3,(H,22,26)/b21-14-. The maximum Gasteiger partial charge on any atom is 0.329 e. The van der Waals surface area contributed by atoms with Crippen LogP contribution in [-0.4, -0.2) is 61.1 Å². The Kier molecular flexibility index (Phi) is 6.58. The molecule has 0 spiro atoms. The third-order valence-corrected chi connectivity index (χ3v) is 4.69. The molecule has 0 radical (unpaired) electrons. The molecular weight excluding hydrogens is 390 g/mol. The molecule has 156 valence electrons. The van der Waals surface area contributed by atoms with E-state index in [4.69, 9.17) is 4.74 Å². The molecule has 2 aromatic carbocycles. The molecule has 0 bridgehead atoms. The van der Waals surface area contributed by atoms with Gasteiger partial charge < -0.3 is 14.5 Å². The first-order chi connectivity index (χ1) is 14.5. The quantitative estimate of drug-likeness (QED) is 0.344. The SMILES string of the molecule is COc1ccccc1N1CCN(C(=O)C(=O)N/N=C\c2ccccc2[N+](=O)[O-])CC1. The number of nitrogens with one attached hydrogen (secondary N) is 1. The summed E-state index contributed by atoms with van der Waals surface area (Å²) in [7, 11) is 1.60. The second kappa shape index (κ2) is 9.50. The third-order valence-electron chi connectivity index (χ3n) is 4.69. The largest absolute Gasteiger partial charge is 0.495 e. The Bertz CT molecular complexity index is 970. The van der Waals surface area contributed by atoms with Crippen molar-refractivity contribution >= 4 is 29.4 Å². The van der Waals surface area contributed by atoms with Gasteiger partial charge in [0.25, 0.3) is 5.69 Å². The smallest absolute Gasteiger partial charge is 0.329 e. The maximum absolute atomic E-state index is 12.4. The number of rotatable bonds is 5. The number of hydrazone groups is 1. The summed E-state index contributed by atoms with van der Waals surface area (Å²) in [4.78, 5) is 38.5. The van der Waals surface area contributed by atoms with Crippen LogP contribution < -0.4 is 15.1 Å². The fraction of sp³-hybridized carbons (Fsp3) is 0.250. The Labute approximate surface area is 172 Å². The number of carbonyl (C=O) groups is 2. The van der Waals surface area contributed by atoms with E-state index in [9.17, 15) is 19.7 Å². The summed E-state index contributed by atoms with van der Waals surface area (Å²) in [5, 5.41) is 14.7. The molecule has 1 saturated heterocycles. The number of para-hydroxylation sites is 3. The number of hydrogen-bond acceptors (Lipinski definition) is 7. The zero-order valence-corrected chi connectivity index (χ0v) is 16.4. The molecule has 0 unspecified atom stereocenters. The van der Waals surface area contributed by atoms with E-state index in [1.54, 1.807) is 13.2 Å². The number of nitrogens with zero attached hydrogens (tertiary/aromatic N) is 4. The number of methoxy groups -OCH3 is 1. The molecule has 10 heteroatoms. The average Bonchev–Trinajstić information content (AvgIpc) is 2.78. The topological polar surface area (TPSA) is 117 Å². The Morgan fingerprint density at radius 1 is 1.10 bits per heavy atom. The molecule has 1 fully saturated rings. The van der Waals surface area contributed by atoms with Gasteiger partial charge >= 0.3 is 11.8 Å². The minimum absolute atomic E-state index is 0.144. The van der Waals surface area contributed by atoms with Gasteiger partial charge in [0.1, 0.15) is 5.75 Å². The fourth-order valence-electron chi connectivity index (χ4n) is 3.16. The van der Waals surface area contributed by atoms with Crippen molar-refractivity contribution in [1.82, 2.24) is 10.3 Å². The second-order valence-corrected chi connectivity index (χ2v) is 6.47. The highest BCUT2D eigenvalue weighted by molar-refractivity contribution is 6.35. The predicted octanol–water partition coefficient (Wildman–Crippen LogP) is 1.40. The van der Waals surface area contributed by atoms with E-state index in [1.165, 1.54) is 23.1 Å². The molecular formula is C20H21N5O5. The molecule has 0 aliphatic carbocycles. The number of benzene rings is 2. The zero-order valence-electron chi connectivity index (χ0n) is 16.4. The van der Waals surface area contributed by atoms with Crippen molar-refractivity contribution in [3.05, 3.63) is 64.2 Å². The maximum atomic E-state index is 12.4. The Morgan fingerprint density at radius 3 is 2.47 bits per heavy atom. The van der Waals surface area contributed by atoms with Crippen LogP contribution in [0.4, 0.5) is 11.4 Å². The molecule has 0 saturated carbocycles. The minimum atomic E-state index is -0.893. The molecule has 2 amide bonds. The lowest BCUT2D eigenvalue weighted by Gasteiger charge is -2.36. The second-order valence-electron chi connectivity index (χ2n) is 6.47. The van der Waals surface area contributed by atoms with E-state index in [0.29, 0.717) is 26.2 Å². The Hall–Kier alpha value is -3.95. The van der Waals surface area contributed by atoms with Crippen LogP contribution in [0.5, 0.6) is 5.75 Å². The van der Waals surface area contributed by atoms with Crippen LogP contribution in [0.1, 0.15) is 5.56 Å². The van der Waals surface area contributed by atoms with Gasteiger partial charge in [-0.3, -0.25) is 19.7 Å². The predicted molar refractivity (Wildman–Crippen MR) is 111 cm³/mol. The molecule has 1 aliphatic heterocycles. The lowest BCUT2D eigenvalue weighted by atomic mass is 10.2. The summed E-state index contributed by atoms with van der Waals surface area (Å²) in [6, 6.07) is 13.6. The lowest BCUT2D eigenvalue weighted by Crippen LogP contribution is -2.52.